The molecule has 0 aromatic heterocycles. The zero-order chi connectivity index (χ0) is 20.0. The number of hydrogen-bond acceptors (Lipinski definition) is 4. The van der Waals surface area contributed by atoms with E-state index in [-0.39, 0.29) is 24.3 Å². The predicted octanol–water partition coefficient (Wildman–Crippen LogP) is 1.89. The smallest absolute Gasteiger partial charge is 0.251 e. The van der Waals surface area contributed by atoms with Crippen molar-refractivity contribution in [2.24, 2.45) is 5.92 Å². The Morgan fingerprint density at radius 3 is 2.90 bits per heavy atom. The third-order valence-corrected chi connectivity index (χ3v) is 6.28. The number of nitrogens with one attached hydrogen (secondary N) is 2. The Hall–Kier alpha value is -2.70. The van der Waals surface area contributed by atoms with Gasteiger partial charge in [0.25, 0.3) is 5.91 Å². The first-order chi connectivity index (χ1) is 14.1. The van der Waals surface area contributed by atoms with Crippen LogP contribution in [-0.2, 0) is 17.8 Å². The molecule has 2 amide bonds. The van der Waals surface area contributed by atoms with E-state index in [1.165, 1.54) is 11.1 Å². The van der Waals surface area contributed by atoms with E-state index in [4.69, 9.17) is 0 Å². The third kappa shape index (κ3) is 3.66. The van der Waals surface area contributed by atoms with Gasteiger partial charge >= 0.3 is 0 Å². The number of carbonyl (C=O) groups excluding carboxylic acids is 2. The monoisotopic (exact) mass is 391 g/mol. The van der Waals surface area contributed by atoms with Crippen LogP contribution in [0.5, 0.6) is 0 Å². The quantitative estimate of drug-likeness (QED) is 0.727. The highest BCUT2D eigenvalue weighted by molar-refractivity contribution is 6.02. The van der Waals surface area contributed by atoms with Crippen molar-refractivity contribution >= 4 is 17.5 Å². The Balaban J connectivity index is 1.15. The minimum absolute atomic E-state index is 0.0542. The number of amides is 2. The number of rotatable bonds is 5. The van der Waals surface area contributed by atoms with E-state index in [0.717, 1.165) is 37.2 Å². The maximum absolute atomic E-state index is 12.5. The predicted molar refractivity (Wildman–Crippen MR) is 110 cm³/mol. The zero-order valence-corrected chi connectivity index (χ0v) is 16.2. The molecule has 0 radical (unpaired) electrons. The van der Waals surface area contributed by atoms with Gasteiger partial charge in [0.2, 0.25) is 5.91 Å². The number of β-amino-alcohol motifs (C(OH)–C–C–N with tert-alkyl or cyclic N) is 1. The Morgan fingerprint density at radius 1 is 1.21 bits per heavy atom. The topological polar surface area (TPSA) is 81.7 Å². The molecule has 5 rings (SSSR count). The Kier molecular flexibility index (Phi) is 4.60. The van der Waals surface area contributed by atoms with Crippen molar-refractivity contribution in [2.45, 2.75) is 31.4 Å². The molecule has 3 aliphatic rings. The van der Waals surface area contributed by atoms with Crippen molar-refractivity contribution in [3.8, 4) is 0 Å². The summed E-state index contributed by atoms with van der Waals surface area (Å²) < 4.78 is 0. The van der Waals surface area contributed by atoms with Gasteiger partial charge in [0.15, 0.2) is 0 Å². The van der Waals surface area contributed by atoms with Crippen LogP contribution in [0.25, 0.3) is 0 Å². The molecule has 6 nitrogen and oxygen atoms in total. The van der Waals surface area contributed by atoms with Crippen LogP contribution in [0.1, 0.15) is 39.4 Å². The van der Waals surface area contributed by atoms with Crippen molar-refractivity contribution in [3.05, 3.63) is 64.7 Å². The van der Waals surface area contributed by atoms with Crippen molar-refractivity contribution in [1.82, 2.24) is 10.2 Å². The molecule has 2 heterocycles. The van der Waals surface area contributed by atoms with Crippen molar-refractivity contribution in [1.29, 1.82) is 0 Å². The first kappa shape index (κ1) is 18.3. The van der Waals surface area contributed by atoms with Gasteiger partial charge in [0.1, 0.15) is 0 Å². The Labute approximate surface area is 169 Å². The summed E-state index contributed by atoms with van der Waals surface area (Å²) in [5.41, 5.74) is 5.06. The average Bonchev–Trinajstić information content (AvgIpc) is 3.53. The second-order valence-corrected chi connectivity index (χ2v) is 8.36. The normalized spacial score (nSPS) is 23.3. The summed E-state index contributed by atoms with van der Waals surface area (Å²) in [4.78, 5) is 26.6. The molecule has 3 atom stereocenters. The second-order valence-electron chi connectivity index (χ2n) is 8.36. The molecule has 1 aliphatic carbocycles. The third-order valence-electron chi connectivity index (χ3n) is 6.28. The number of benzene rings is 2. The standard InChI is InChI=1S/C23H25N3O3/c27-17(13-26-8-7-14-3-1-2-4-16(14)12-26)11-24-22(28)15-5-6-18-19-10-20(19)23(29)25-21(18)9-15/h1-6,9,17,19-20,27H,7-8,10-13H2,(H,24,28)(H,25,29)/t17-,19-,20?/m0/s1. The molecule has 1 fully saturated rings. The maximum Gasteiger partial charge on any atom is 0.251 e. The molecule has 0 saturated heterocycles. The fourth-order valence-corrected chi connectivity index (χ4v) is 4.57. The highest BCUT2D eigenvalue weighted by atomic mass is 16.3. The van der Waals surface area contributed by atoms with Crippen molar-refractivity contribution in [3.63, 3.8) is 0 Å². The maximum atomic E-state index is 12.5. The first-order valence-electron chi connectivity index (χ1n) is 10.3. The number of fused-ring (bicyclic) bond motifs is 4. The van der Waals surface area contributed by atoms with Gasteiger partial charge in [-0.15, -0.1) is 0 Å². The molecular weight excluding hydrogens is 366 g/mol. The summed E-state index contributed by atoms with van der Waals surface area (Å²) >= 11 is 0. The van der Waals surface area contributed by atoms with E-state index >= 15 is 0 Å². The van der Waals surface area contributed by atoms with Gasteiger partial charge in [-0.3, -0.25) is 14.5 Å². The largest absolute Gasteiger partial charge is 0.390 e. The first-order valence-corrected chi connectivity index (χ1v) is 10.3. The minimum atomic E-state index is -0.631. The lowest BCUT2D eigenvalue weighted by molar-refractivity contribution is -0.117. The summed E-state index contributed by atoms with van der Waals surface area (Å²) in [5, 5.41) is 16.1. The number of carbonyl (C=O) groups is 2. The Morgan fingerprint density at radius 2 is 2.03 bits per heavy atom. The minimum Gasteiger partial charge on any atom is -0.390 e. The summed E-state index contributed by atoms with van der Waals surface area (Å²) in [6, 6.07) is 13.9. The van der Waals surface area contributed by atoms with Gasteiger partial charge < -0.3 is 15.7 Å². The summed E-state index contributed by atoms with van der Waals surface area (Å²) in [5.74, 6) is 0.244. The Bertz CT molecular complexity index is 974. The van der Waals surface area contributed by atoms with Crippen molar-refractivity contribution < 1.29 is 14.7 Å². The van der Waals surface area contributed by atoms with E-state index in [1.54, 1.807) is 12.1 Å². The van der Waals surface area contributed by atoms with Crippen molar-refractivity contribution in [2.75, 3.05) is 25.0 Å². The van der Waals surface area contributed by atoms with E-state index in [1.807, 2.05) is 12.1 Å². The second kappa shape index (κ2) is 7.28. The van der Waals surface area contributed by atoms with Crippen LogP contribution in [0.2, 0.25) is 0 Å². The zero-order valence-electron chi connectivity index (χ0n) is 16.2. The molecule has 150 valence electrons. The number of nitrogens with zero attached hydrogens (tertiary/aromatic N) is 1. The molecule has 1 unspecified atom stereocenters. The summed E-state index contributed by atoms with van der Waals surface area (Å²) in [6.07, 6.45) is 1.25. The molecule has 2 aromatic rings. The van der Waals surface area contributed by atoms with E-state index in [2.05, 4.69) is 33.7 Å². The van der Waals surface area contributed by atoms with Crippen LogP contribution in [0.15, 0.2) is 42.5 Å². The van der Waals surface area contributed by atoms with Crippen LogP contribution in [0, 0.1) is 5.92 Å². The van der Waals surface area contributed by atoms with E-state index < -0.39 is 6.10 Å². The lowest BCUT2D eigenvalue weighted by Crippen LogP contribution is -2.42. The van der Waals surface area contributed by atoms with Gasteiger partial charge in [0.05, 0.1) is 6.10 Å². The summed E-state index contributed by atoms with van der Waals surface area (Å²) in [6.45, 7) is 2.46. The highest BCUT2D eigenvalue weighted by Gasteiger charge is 2.48. The fourth-order valence-electron chi connectivity index (χ4n) is 4.57. The average molecular weight is 391 g/mol. The van der Waals surface area contributed by atoms with E-state index in [9.17, 15) is 14.7 Å². The molecule has 6 heteroatoms. The van der Waals surface area contributed by atoms with Crippen LogP contribution >= 0.6 is 0 Å². The van der Waals surface area contributed by atoms with Gasteiger partial charge in [-0.1, -0.05) is 30.3 Å². The number of aliphatic hydroxyl groups is 1. The lowest BCUT2D eigenvalue weighted by Gasteiger charge is -2.30. The number of hydrogen-bond donors (Lipinski definition) is 3. The van der Waals surface area contributed by atoms with E-state index in [0.29, 0.717) is 18.0 Å². The molecule has 29 heavy (non-hydrogen) atoms. The SMILES string of the molecule is O=C(NC[C@H](O)CN1CCc2ccccc2C1)c1ccc2c(c1)NC(=O)C1C[C@@H]21. The summed E-state index contributed by atoms with van der Waals surface area (Å²) in [7, 11) is 0. The highest BCUT2D eigenvalue weighted by Crippen LogP contribution is 2.53. The molecule has 2 aromatic carbocycles. The molecule has 2 aliphatic heterocycles. The van der Waals surface area contributed by atoms with Crippen LogP contribution < -0.4 is 10.6 Å². The van der Waals surface area contributed by atoms with Crippen LogP contribution in [0.3, 0.4) is 0 Å². The molecule has 0 bridgehead atoms. The molecule has 1 saturated carbocycles. The van der Waals surface area contributed by atoms with Gasteiger partial charge in [0, 0.05) is 43.3 Å². The molecule has 0 spiro atoms. The molecular formula is C23H25N3O3. The number of anilines is 1. The van der Waals surface area contributed by atoms with Crippen LogP contribution in [0.4, 0.5) is 5.69 Å². The number of aliphatic hydroxyl groups excluding tert-OH is 1. The van der Waals surface area contributed by atoms with Gasteiger partial charge in [-0.25, -0.2) is 0 Å². The lowest BCUT2D eigenvalue weighted by atomic mass is 9.99. The van der Waals surface area contributed by atoms with Gasteiger partial charge in [-0.05, 0) is 47.6 Å². The van der Waals surface area contributed by atoms with Gasteiger partial charge in [-0.2, -0.15) is 0 Å². The fraction of sp³-hybridized carbons (Fsp3) is 0.391. The van der Waals surface area contributed by atoms with Crippen LogP contribution in [-0.4, -0.2) is 47.6 Å². The molecule has 3 N–H and O–H groups in total.